The molecule has 4 unspecified atom stereocenters. The molecule has 3 nitrogen and oxygen atoms in total. The van der Waals surface area contributed by atoms with Crippen LogP contribution in [0.3, 0.4) is 0 Å². The van der Waals surface area contributed by atoms with E-state index in [1.165, 1.54) is 5.57 Å². The van der Waals surface area contributed by atoms with Gasteiger partial charge in [-0.3, -0.25) is 9.59 Å². The molecular formula is C21H28O3S. The highest BCUT2D eigenvalue weighted by Crippen LogP contribution is 2.67. The van der Waals surface area contributed by atoms with Crippen LogP contribution in [0.25, 0.3) is 0 Å². The molecule has 0 aromatic heterocycles. The third-order valence-corrected chi connectivity index (χ3v) is 8.68. The maximum Gasteiger partial charge on any atom is 0.219 e. The van der Waals surface area contributed by atoms with Crippen molar-refractivity contribution in [3.8, 4) is 0 Å². The van der Waals surface area contributed by atoms with E-state index in [-0.39, 0.29) is 27.6 Å². The molecule has 3 fully saturated rings. The van der Waals surface area contributed by atoms with Crippen LogP contribution in [0, 0.1) is 40.4 Å². The Bertz CT molecular complexity index is 681. The van der Waals surface area contributed by atoms with E-state index in [1.54, 1.807) is 6.08 Å². The van der Waals surface area contributed by atoms with Gasteiger partial charge in [-0.15, -0.1) is 0 Å². The molecule has 0 aromatic rings. The highest BCUT2D eigenvalue weighted by atomic mass is 32.2. The number of carbonyl (C=O) groups excluding carboxylic acids is 2. The molecule has 0 bridgehead atoms. The zero-order chi connectivity index (χ0) is 18.0. The lowest BCUT2D eigenvalue weighted by Crippen LogP contribution is -2.50. The highest BCUT2D eigenvalue weighted by molar-refractivity contribution is 8.08. The summed E-state index contributed by atoms with van der Waals surface area (Å²) >= 11 is 0.430. The molecule has 4 aliphatic carbocycles. The number of rotatable bonds is 1. The van der Waals surface area contributed by atoms with E-state index in [1.807, 2.05) is 6.08 Å². The van der Waals surface area contributed by atoms with Gasteiger partial charge in [0.05, 0.1) is 12.0 Å². The maximum atomic E-state index is 12.4. The van der Waals surface area contributed by atoms with Gasteiger partial charge >= 0.3 is 0 Å². The van der Waals surface area contributed by atoms with E-state index in [4.69, 9.17) is 0 Å². The van der Waals surface area contributed by atoms with Crippen LogP contribution in [-0.4, -0.2) is 15.5 Å². The van der Waals surface area contributed by atoms with Crippen molar-refractivity contribution in [3.63, 3.8) is 0 Å². The zero-order valence-electron chi connectivity index (χ0n) is 15.3. The summed E-state index contributed by atoms with van der Waals surface area (Å²) in [5, 5.41) is -0.0401. The fourth-order valence-electron chi connectivity index (χ4n) is 7.12. The number of allylic oxidation sites excluding steroid dienone is 4. The zero-order valence-corrected chi connectivity index (χ0v) is 16.1. The minimum absolute atomic E-state index is 0.00915. The van der Waals surface area contributed by atoms with Crippen LogP contribution in [-0.2, 0) is 9.59 Å². The Labute approximate surface area is 154 Å². The predicted molar refractivity (Wildman–Crippen MR) is 99.9 cm³/mol. The van der Waals surface area contributed by atoms with E-state index in [9.17, 15) is 14.1 Å². The number of hydrogen-bond donors (Lipinski definition) is 1. The molecule has 3 saturated carbocycles. The normalized spacial score (nSPS) is 48.4. The van der Waals surface area contributed by atoms with Gasteiger partial charge in [0.15, 0.2) is 5.78 Å². The number of hydrogen-bond acceptors (Lipinski definition) is 4. The molecular weight excluding hydrogens is 332 g/mol. The second kappa shape index (κ2) is 5.82. The predicted octanol–water partition coefficient (Wildman–Crippen LogP) is 4.89. The van der Waals surface area contributed by atoms with Gasteiger partial charge in [-0.05, 0) is 73.3 Å². The van der Waals surface area contributed by atoms with Crippen molar-refractivity contribution in [2.75, 3.05) is 0 Å². The molecule has 0 aliphatic heterocycles. The summed E-state index contributed by atoms with van der Waals surface area (Å²) in [6.45, 7) is 6.79. The van der Waals surface area contributed by atoms with E-state index in [0.717, 1.165) is 32.1 Å². The average molecular weight is 361 g/mol. The third-order valence-electron chi connectivity index (χ3n) is 8.24. The lowest BCUT2D eigenvalue weighted by atomic mass is 9.48. The van der Waals surface area contributed by atoms with E-state index in [2.05, 4.69) is 26.8 Å². The Morgan fingerprint density at radius 3 is 2.76 bits per heavy atom. The monoisotopic (exact) mass is 360 g/mol. The van der Waals surface area contributed by atoms with E-state index in [0.29, 0.717) is 35.7 Å². The maximum absolute atomic E-state index is 12.4. The van der Waals surface area contributed by atoms with Gasteiger partial charge in [0, 0.05) is 11.3 Å². The lowest BCUT2D eigenvalue weighted by Gasteiger charge is -2.56. The summed E-state index contributed by atoms with van der Waals surface area (Å²) in [4.78, 5) is 24.2. The fourth-order valence-corrected chi connectivity index (χ4v) is 7.74. The molecule has 7 atom stereocenters. The molecule has 4 rings (SSSR count). The number of ketones is 1. The Kier molecular flexibility index (Phi) is 4.08. The van der Waals surface area contributed by atoms with Crippen molar-refractivity contribution in [2.45, 2.75) is 52.9 Å². The minimum Gasteiger partial charge on any atom is -0.323 e. The first kappa shape index (κ1) is 17.5. The van der Waals surface area contributed by atoms with Crippen LogP contribution >= 0.6 is 12.0 Å². The smallest absolute Gasteiger partial charge is 0.219 e. The highest BCUT2D eigenvalue weighted by Gasteiger charge is 2.61. The summed E-state index contributed by atoms with van der Waals surface area (Å²) < 4.78 is 9.39. The second-order valence-electron chi connectivity index (χ2n) is 9.25. The molecule has 25 heavy (non-hydrogen) atoms. The molecule has 0 saturated heterocycles. The standard InChI is InChI=1S/C21H28O3S/c1-12-10-17-15-5-4-13-11-14(22)6-8-20(13,2)16(15)7-9-21(17,3)18(12)19(23)25-24/h6,8,11-12,15-18,24H,4-5,7,9-10H2,1-3H3/t12-,15?,16?,17?,18?,20+,21+/m1/s1. The first-order valence-electron chi connectivity index (χ1n) is 9.61. The molecule has 1 N–H and O–H groups in total. The van der Waals surface area contributed by atoms with Gasteiger partial charge in [-0.25, -0.2) is 0 Å². The van der Waals surface area contributed by atoms with Crippen molar-refractivity contribution in [2.24, 2.45) is 40.4 Å². The molecule has 0 radical (unpaired) electrons. The summed E-state index contributed by atoms with van der Waals surface area (Å²) in [7, 11) is 0. The van der Waals surface area contributed by atoms with Gasteiger partial charge in [0.1, 0.15) is 0 Å². The first-order valence-corrected chi connectivity index (χ1v) is 10.4. The van der Waals surface area contributed by atoms with Crippen molar-refractivity contribution in [1.29, 1.82) is 0 Å². The number of carbonyl (C=O) groups is 2. The lowest BCUT2D eigenvalue weighted by molar-refractivity contribution is -0.122. The molecule has 0 aromatic carbocycles. The summed E-state index contributed by atoms with van der Waals surface area (Å²) in [5.41, 5.74) is 1.34. The van der Waals surface area contributed by atoms with Crippen LogP contribution in [0.5, 0.6) is 0 Å². The van der Waals surface area contributed by atoms with Crippen LogP contribution in [0.4, 0.5) is 0 Å². The number of fused-ring (bicyclic) bond motifs is 5. The van der Waals surface area contributed by atoms with E-state index < -0.39 is 0 Å². The van der Waals surface area contributed by atoms with Gasteiger partial charge in [-0.2, -0.15) is 0 Å². The summed E-state index contributed by atoms with van der Waals surface area (Å²) in [5.74, 6) is 2.18. The van der Waals surface area contributed by atoms with Gasteiger partial charge in [0.2, 0.25) is 5.12 Å². The Hall–Kier alpha value is -0.870. The SMILES string of the molecule is C[C@@H]1CC2C3CCC4=CC(=O)C=C[C@]4(C)C3CC[C@]2(C)C1C(=O)SO. The molecule has 0 heterocycles. The quantitative estimate of drug-likeness (QED) is 0.677. The fraction of sp³-hybridized carbons (Fsp3) is 0.714. The Morgan fingerprint density at radius 2 is 2.04 bits per heavy atom. The third kappa shape index (κ3) is 2.36. The van der Waals surface area contributed by atoms with Gasteiger partial charge < -0.3 is 4.55 Å². The van der Waals surface area contributed by atoms with Crippen molar-refractivity contribution in [3.05, 3.63) is 23.8 Å². The van der Waals surface area contributed by atoms with Crippen LogP contribution in [0.1, 0.15) is 52.9 Å². The minimum atomic E-state index is -0.0401. The molecule has 4 aliphatic rings. The second-order valence-corrected chi connectivity index (χ2v) is 9.83. The largest absolute Gasteiger partial charge is 0.323 e. The Morgan fingerprint density at radius 1 is 1.28 bits per heavy atom. The topological polar surface area (TPSA) is 54.4 Å². The molecule has 0 amide bonds. The van der Waals surface area contributed by atoms with Crippen LogP contribution in [0.15, 0.2) is 23.8 Å². The van der Waals surface area contributed by atoms with Crippen LogP contribution in [0.2, 0.25) is 0 Å². The first-order chi connectivity index (χ1) is 11.8. The summed E-state index contributed by atoms with van der Waals surface area (Å²) in [6, 6.07) is 0. The van der Waals surface area contributed by atoms with Gasteiger partial charge in [-0.1, -0.05) is 32.4 Å². The van der Waals surface area contributed by atoms with Crippen molar-refractivity contribution < 1.29 is 14.1 Å². The van der Waals surface area contributed by atoms with Crippen molar-refractivity contribution >= 4 is 22.9 Å². The van der Waals surface area contributed by atoms with E-state index >= 15 is 0 Å². The van der Waals surface area contributed by atoms with Crippen molar-refractivity contribution in [1.82, 2.24) is 0 Å². The molecule has 4 heteroatoms. The van der Waals surface area contributed by atoms with Crippen LogP contribution < -0.4 is 0 Å². The molecule has 136 valence electrons. The van der Waals surface area contributed by atoms with Gasteiger partial charge in [0.25, 0.3) is 0 Å². The molecule has 0 spiro atoms. The Balaban J connectivity index is 1.68. The summed E-state index contributed by atoms with van der Waals surface area (Å²) in [6.07, 6.45) is 11.2. The average Bonchev–Trinajstić information content (AvgIpc) is 2.85.